The Bertz CT molecular complexity index is 785. The molecule has 1 atom stereocenters. The van der Waals surface area contributed by atoms with Crippen LogP contribution in [0.25, 0.3) is 0 Å². The molecule has 0 bridgehead atoms. The molecule has 1 aliphatic rings. The van der Waals surface area contributed by atoms with Crippen LogP contribution < -0.4 is 15.3 Å². The topological polar surface area (TPSA) is 84.5 Å². The van der Waals surface area contributed by atoms with Gasteiger partial charge in [0.15, 0.2) is 0 Å². The second-order valence-electron chi connectivity index (χ2n) is 4.90. The van der Waals surface area contributed by atoms with Crippen molar-refractivity contribution in [2.45, 2.75) is 16.7 Å². The van der Waals surface area contributed by atoms with Gasteiger partial charge in [-0.3, -0.25) is 9.24 Å². The van der Waals surface area contributed by atoms with Crippen LogP contribution in [0.4, 0.5) is 16.2 Å². The highest BCUT2D eigenvalue weighted by molar-refractivity contribution is 7.99. The summed E-state index contributed by atoms with van der Waals surface area (Å²) in [6.07, 6.45) is -1.47. The SMILES string of the molecule is CCN(C(=O)[O-])P1(=O)Nc2ccc(Sc3ccccc3)cc2N1. The molecular formula is C15H15N3O3PS-. The van der Waals surface area contributed by atoms with E-state index in [-0.39, 0.29) is 6.54 Å². The second-order valence-corrected chi connectivity index (χ2v) is 8.13. The van der Waals surface area contributed by atoms with Crippen LogP contribution in [-0.2, 0) is 4.57 Å². The summed E-state index contributed by atoms with van der Waals surface area (Å²) < 4.78 is 13.6. The standard InChI is InChI=1S/C15H16N3O3PS/c1-2-18(15(19)20)22(21)16-13-9-8-12(10-14(13)17-22)23-11-6-4-3-5-7-11/h3-10H,2H2,1H3,(H,19,20)(H2,16,17,21)/p-1. The number of carboxylic acid groups (broad SMARTS) is 1. The number of nitrogens with one attached hydrogen (secondary N) is 2. The minimum absolute atomic E-state index is 0.0687. The van der Waals surface area contributed by atoms with Crippen LogP contribution in [0.15, 0.2) is 58.3 Å². The van der Waals surface area contributed by atoms with Crippen molar-refractivity contribution < 1.29 is 14.5 Å². The van der Waals surface area contributed by atoms with E-state index in [0.717, 1.165) is 14.5 Å². The predicted molar refractivity (Wildman–Crippen MR) is 89.6 cm³/mol. The molecule has 2 aromatic carbocycles. The highest BCUT2D eigenvalue weighted by Gasteiger charge is 2.36. The zero-order valence-corrected chi connectivity index (χ0v) is 14.1. The second kappa shape index (κ2) is 6.18. The van der Waals surface area contributed by atoms with Gasteiger partial charge in [0, 0.05) is 16.3 Å². The Labute approximate surface area is 138 Å². The lowest BCUT2D eigenvalue weighted by atomic mass is 10.3. The van der Waals surface area contributed by atoms with E-state index in [1.165, 1.54) is 0 Å². The molecule has 3 rings (SSSR count). The number of amides is 1. The number of rotatable bonds is 4. The van der Waals surface area contributed by atoms with Crippen molar-refractivity contribution >= 4 is 36.8 Å². The first kappa shape index (κ1) is 15.8. The Morgan fingerprint density at radius 2 is 1.83 bits per heavy atom. The number of carbonyl (C=O) groups is 1. The Hall–Kier alpha value is -2.11. The quantitative estimate of drug-likeness (QED) is 0.824. The fourth-order valence-electron chi connectivity index (χ4n) is 2.32. The van der Waals surface area contributed by atoms with Gasteiger partial charge in [-0.15, -0.1) is 0 Å². The number of nitrogens with zero attached hydrogens (tertiary/aromatic N) is 1. The molecule has 0 saturated heterocycles. The molecule has 0 spiro atoms. The number of benzene rings is 2. The number of hydrogen-bond donors (Lipinski definition) is 2. The molecule has 1 heterocycles. The van der Waals surface area contributed by atoms with Crippen LogP contribution in [0.1, 0.15) is 6.92 Å². The van der Waals surface area contributed by atoms with Crippen molar-refractivity contribution in [3.8, 4) is 0 Å². The van der Waals surface area contributed by atoms with Crippen LogP contribution in [0.3, 0.4) is 0 Å². The van der Waals surface area contributed by atoms with E-state index in [0.29, 0.717) is 11.4 Å². The largest absolute Gasteiger partial charge is 0.530 e. The lowest BCUT2D eigenvalue weighted by Gasteiger charge is -2.29. The van der Waals surface area contributed by atoms with Crippen molar-refractivity contribution in [3.05, 3.63) is 48.5 Å². The normalized spacial score (nSPS) is 18.7. The lowest BCUT2D eigenvalue weighted by molar-refractivity contribution is -0.259. The molecule has 0 saturated carbocycles. The van der Waals surface area contributed by atoms with Gasteiger partial charge in [0.1, 0.15) is 6.09 Å². The van der Waals surface area contributed by atoms with E-state index >= 15 is 0 Å². The van der Waals surface area contributed by atoms with Crippen LogP contribution in [0, 0.1) is 0 Å². The van der Waals surface area contributed by atoms with Crippen molar-refractivity contribution in [2.24, 2.45) is 0 Å². The van der Waals surface area contributed by atoms with E-state index in [4.69, 9.17) is 0 Å². The van der Waals surface area contributed by atoms with E-state index < -0.39 is 13.7 Å². The van der Waals surface area contributed by atoms with Crippen LogP contribution >= 0.6 is 19.4 Å². The average Bonchev–Trinajstić information content (AvgIpc) is 2.84. The average molecular weight is 348 g/mol. The fourth-order valence-corrected chi connectivity index (χ4v) is 5.16. The monoisotopic (exact) mass is 348 g/mol. The fraction of sp³-hybridized carbons (Fsp3) is 0.133. The van der Waals surface area contributed by atoms with E-state index in [2.05, 4.69) is 10.2 Å². The first-order valence-corrected chi connectivity index (χ1v) is 9.52. The minimum atomic E-state index is -3.46. The highest BCUT2D eigenvalue weighted by Crippen LogP contribution is 2.56. The Kier molecular flexibility index (Phi) is 4.24. The predicted octanol–water partition coefficient (Wildman–Crippen LogP) is 3.45. The maximum Gasteiger partial charge on any atom is 0.356 e. The number of carbonyl (C=O) groups excluding carboxylic acids is 1. The molecule has 6 nitrogen and oxygen atoms in total. The first-order valence-electron chi connectivity index (χ1n) is 7.04. The number of anilines is 2. The summed E-state index contributed by atoms with van der Waals surface area (Å²) in [6, 6.07) is 15.4. The molecular weight excluding hydrogens is 333 g/mol. The maximum atomic E-state index is 12.8. The van der Waals surface area contributed by atoms with Gasteiger partial charge in [-0.25, -0.2) is 0 Å². The molecule has 2 aromatic rings. The van der Waals surface area contributed by atoms with E-state index in [9.17, 15) is 14.5 Å². The van der Waals surface area contributed by atoms with Gasteiger partial charge in [0.2, 0.25) is 0 Å². The number of hydrogen-bond acceptors (Lipinski definition) is 4. The van der Waals surface area contributed by atoms with Crippen LogP contribution in [-0.4, -0.2) is 17.3 Å². The van der Waals surface area contributed by atoms with Crippen molar-refractivity contribution in [2.75, 3.05) is 16.7 Å². The highest BCUT2D eigenvalue weighted by atomic mass is 32.2. The molecule has 0 fully saturated rings. The molecule has 1 amide bonds. The summed E-state index contributed by atoms with van der Waals surface area (Å²) in [5, 5.41) is 16.7. The van der Waals surface area contributed by atoms with Crippen molar-refractivity contribution in [3.63, 3.8) is 0 Å². The van der Waals surface area contributed by atoms with E-state index in [1.54, 1.807) is 24.8 Å². The number of fused-ring (bicyclic) bond motifs is 1. The molecule has 1 unspecified atom stereocenters. The summed E-state index contributed by atoms with van der Waals surface area (Å²) in [5.41, 5.74) is 1.24. The minimum Gasteiger partial charge on any atom is -0.530 e. The summed E-state index contributed by atoms with van der Waals surface area (Å²) in [6.45, 7) is 1.68. The maximum absolute atomic E-state index is 12.8. The van der Waals surface area contributed by atoms with Gasteiger partial charge >= 0.3 is 7.59 Å². The molecule has 120 valence electrons. The van der Waals surface area contributed by atoms with Gasteiger partial charge in [-0.05, 0) is 37.3 Å². The van der Waals surface area contributed by atoms with Gasteiger partial charge in [-0.1, -0.05) is 30.0 Å². The smallest absolute Gasteiger partial charge is 0.356 e. The molecule has 0 aromatic heterocycles. The molecule has 8 heteroatoms. The van der Waals surface area contributed by atoms with Gasteiger partial charge in [-0.2, -0.15) is 0 Å². The Morgan fingerprint density at radius 1 is 1.13 bits per heavy atom. The zero-order valence-electron chi connectivity index (χ0n) is 12.4. The zero-order chi connectivity index (χ0) is 16.4. The van der Waals surface area contributed by atoms with Crippen molar-refractivity contribution in [1.29, 1.82) is 0 Å². The third-order valence-corrected chi connectivity index (χ3v) is 6.58. The van der Waals surface area contributed by atoms with Gasteiger partial charge in [0.05, 0.1) is 11.4 Å². The lowest BCUT2D eigenvalue weighted by Crippen LogP contribution is -2.40. The summed E-state index contributed by atoms with van der Waals surface area (Å²) in [7, 11) is -3.46. The Morgan fingerprint density at radius 3 is 2.48 bits per heavy atom. The first-order chi connectivity index (χ1) is 11.0. The molecule has 0 radical (unpaired) electrons. The third-order valence-electron chi connectivity index (χ3n) is 3.36. The summed E-state index contributed by atoms with van der Waals surface area (Å²) in [5.74, 6) is 0. The molecule has 1 aliphatic heterocycles. The van der Waals surface area contributed by atoms with Gasteiger partial charge < -0.3 is 20.1 Å². The van der Waals surface area contributed by atoms with Crippen LogP contribution in [0.5, 0.6) is 0 Å². The van der Waals surface area contributed by atoms with E-state index in [1.807, 2.05) is 42.5 Å². The van der Waals surface area contributed by atoms with Crippen molar-refractivity contribution in [1.82, 2.24) is 4.67 Å². The van der Waals surface area contributed by atoms with Gasteiger partial charge in [0.25, 0.3) is 0 Å². The summed E-state index contributed by atoms with van der Waals surface area (Å²) in [4.78, 5) is 13.2. The molecule has 2 N–H and O–H groups in total. The molecule has 0 aliphatic carbocycles. The van der Waals surface area contributed by atoms with Crippen LogP contribution in [0.2, 0.25) is 0 Å². The summed E-state index contributed by atoms with van der Waals surface area (Å²) >= 11 is 1.57. The molecule has 23 heavy (non-hydrogen) atoms. The third kappa shape index (κ3) is 3.16. The Balaban J connectivity index is 1.84.